The number of anilines is 1. The van der Waals surface area contributed by atoms with Crippen molar-refractivity contribution in [2.45, 2.75) is 6.54 Å². The number of esters is 1. The lowest BCUT2D eigenvalue weighted by molar-refractivity contribution is -0.123. The maximum absolute atomic E-state index is 12.7. The van der Waals surface area contributed by atoms with Crippen molar-refractivity contribution in [2.24, 2.45) is 0 Å². The molecule has 0 saturated carbocycles. The van der Waals surface area contributed by atoms with Crippen molar-refractivity contribution in [1.29, 1.82) is 0 Å². The monoisotopic (exact) mass is 411 g/mol. The second-order valence-electron chi connectivity index (χ2n) is 6.83. The molecule has 1 aromatic heterocycles. The number of hydrogen-bond acceptors (Lipinski definition) is 7. The summed E-state index contributed by atoms with van der Waals surface area (Å²) in [6.45, 7) is 3.01. The van der Waals surface area contributed by atoms with E-state index in [1.807, 2.05) is 24.3 Å². The van der Waals surface area contributed by atoms with Gasteiger partial charge in [-0.2, -0.15) is 0 Å². The zero-order chi connectivity index (χ0) is 21.1. The van der Waals surface area contributed by atoms with Crippen molar-refractivity contribution in [3.05, 3.63) is 59.2 Å². The quantitative estimate of drug-likeness (QED) is 0.456. The Morgan fingerprint density at radius 1 is 1.13 bits per heavy atom. The first kappa shape index (κ1) is 19.7. The first-order valence-corrected chi connectivity index (χ1v) is 9.49. The van der Waals surface area contributed by atoms with Crippen LogP contribution in [0.1, 0.15) is 21.9 Å². The Hall–Kier alpha value is -3.59. The number of ether oxygens (including phenoxy) is 2. The van der Waals surface area contributed by atoms with Crippen molar-refractivity contribution < 1.29 is 28.3 Å². The summed E-state index contributed by atoms with van der Waals surface area (Å²) in [6.07, 6.45) is 1.63. The molecule has 2 aromatic rings. The Morgan fingerprint density at radius 3 is 2.57 bits per heavy atom. The van der Waals surface area contributed by atoms with E-state index in [-0.39, 0.29) is 18.0 Å². The highest BCUT2D eigenvalue weighted by molar-refractivity contribution is 6.13. The van der Waals surface area contributed by atoms with Gasteiger partial charge in [-0.3, -0.25) is 9.69 Å². The van der Waals surface area contributed by atoms with Crippen molar-refractivity contribution in [3.63, 3.8) is 0 Å². The molecule has 0 aliphatic carbocycles. The Kier molecular flexibility index (Phi) is 5.53. The first-order valence-electron chi connectivity index (χ1n) is 9.49. The van der Waals surface area contributed by atoms with Crippen LogP contribution in [0.4, 0.5) is 10.5 Å². The van der Waals surface area contributed by atoms with E-state index in [4.69, 9.17) is 9.15 Å². The summed E-state index contributed by atoms with van der Waals surface area (Å²) in [4.78, 5) is 39.6. The fourth-order valence-corrected chi connectivity index (χ4v) is 3.31. The minimum atomic E-state index is -0.625. The van der Waals surface area contributed by atoms with Gasteiger partial charge < -0.3 is 24.1 Å². The zero-order valence-electron chi connectivity index (χ0n) is 16.4. The highest BCUT2D eigenvalue weighted by Crippen LogP contribution is 2.21. The standard InChI is InChI=1S/C21H21N3O6/c1-28-20(26)18-7-6-16(30-18)13-24-19(25)17(22-21(24)27)12-14-2-4-15(5-3-14)23-8-10-29-11-9-23/h2-7,12H,8-11,13H2,1H3,(H,22,27)/b17-12-. The maximum Gasteiger partial charge on any atom is 0.373 e. The molecule has 1 aromatic carbocycles. The van der Waals surface area contributed by atoms with E-state index in [0.29, 0.717) is 19.0 Å². The Bertz CT molecular complexity index is 988. The van der Waals surface area contributed by atoms with Gasteiger partial charge in [0.2, 0.25) is 5.76 Å². The predicted octanol–water partition coefficient (Wildman–Crippen LogP) is 2.00. The van der Waals surface area contributed by atoms with Crippen LogP contribution in [-0.4, -0.2) is 56.2 Å². The van der Waals surface area contributed by atoms with E-state index in [1.165, 1.54) is 19.2 Å². The molecule has 30 heavy (non-hydrogen) atoms. The van der Waals surface area contributed by atoms with Crippen LogP contribution in [0.2, 0.25) is 0 Å². The summed E-state index contributed by atoms with van der Waals surface area (Å²) in [6, 6.07) is 10.2. The molecular weight excluding hydrogens is 390 g/mol. The van der Waals surface area contributed by atoms with Gasteiger partial charge in [0, 0.05) is 18.8 Å². The molecular formula is C21H21N3O6. The van der Waals surface area contributed by atoms with Crippen molar-refractivity contribution >= 4 is 29.7 Å². The van der Waals surface area contributed by atoms with Gasteiger partial charge in [-0.05, 0) is 35.9 Å². The fourth-order valence-electron chi connectivity index (χ4n) is 3.31. The summed E-state index contributed by atoms with van der Waals surface area (Å²) < 4.78 is 15.3. The Labute approximate surface area is 172 Å². The number of rotatable bonds is 5. The minimum Gasteiger partial charge on any atom is -0.463 e. The van der Waals surface area contributed by atoms with E-state index in [1.54, 1.807) is 6.08 Å². The zero-order valence-corrected chi connectivity index (χ0v) is 16.4. The van der Waals surface area contributed by atoms with Crippen molar-refractivity contribution in [3.8, 4) is 0 Å². The van der Waals surface area contributed by atoms with Gasteiger partial charge >= 0.3 is 12.0 Å². The number of urea groups is 1. The van der Waals surface area contributed by atoms with Gasteiger partial charge in [0.25, 0.3) is 5.91 Å². The topological polar surface area (TPSA) is 101 Å². The number of nitrogens with zero attached hydrogens (tertiary/aromatic N) is 2. The molecule has 9 heteroatoms. The van der Waals surface area contributed by atoms with E-state index >= 15 is 0 Å². The van der Waals surface area contributed by atoms with Crippen LogP contribution in [-0.2, 0) is 20.8 Å². The second-order valence-corrected chi connectivity index (χ2v) is 6.83. The Morgan fingerprint density at radius 2 is 1.87 bits per heavy atom. The number of carbonyl (C=O) groups is 3. The largest absolute Gasteiger partial charge is 0.463 e. The highest BCUT2D eigenvalue weighted by Gasteiger charge is 2.34. The van der Waals surface area contributed by atoms with Gasteiger partial charge in [-0.25, -0.2) is 9.59 Å². The molecule has 2 fully saturated rings. The van der Waals surface area contributed by atoms with E-state index in [0.717, 1.165) is 29.2 Å². The van der Waals surface area contributed by atoms with E-state index in [9.17, 15) is 14.4 Å². The van der Waals surface area contributed by atoms with Crippen LogP contribution in [0.5, 0.6) is 0 Å². The van der Waals surface area contributed by atoms with Crippen LogP contribution >= 0.6 is 0 Å². The van der Waals surface area contributed by atoms with Gasteiger partial charge in [0.05, 0.1) is 26.9 Å². The van der Waals surface area contributed by atoms with Crippen LogP contribution in [0, 0.1) is 0 Å². The molecule has 0 bridgehead atoms. The molecule has 0 unspecified atom stereocenters. The third-order valence-electron chi connectivity index (χ3n) is 4.90. The number of nitrogens with one attached hydrogen (secondary N) is 1. The molecule has 0 radical (unpaired) electrons. The maximum atomic E-state index is 12.7. The normalized spacial score (nSPS) is 18.1. The number of hydrogen-bond donors (Lipinski definition) is 1. The smallest absolute Gasteiger partial charge is 0.373 e. The molecule has 1 N–H and O–H groups in total. The highest BCUT2D eigenvalue weighted by atomic mass is 16.5. The van der Waals surface area contributed by atoms with Gasteiger partial charge in [-0.1, -0.05) is 12.1 Å². The third-order valence-corrected chi connectivity index (χ3v) is 4.90. The van der Waals surface area contributed by atoms with Crippen LogP contribution in [0.15, 0.2) is 46.5 Å². The van der Waals surface area contributed by atoms with Crippen molar-refractivity contribution in [2.75, 3.05) is 38.3 Å². The molecule has 156 valence electrons. The fraction of sp³-hybridized carbons (Fsp3) is 0.286. The van der Waals surface area contributed by atoms with E-state index < -0.39 is 17.9 Å². The van der Waals surface area contributed by atoms with Crippen molar-refractivity contribution in [1.82, 2.24) is 10.2 Å². The van der Waals surface area contributed by atoms with Gasteiger partial charge in [-0.15, -0.1) is 0 Å². The van der Waals surface area contributed by atoms with Crippen LogP contribution in [0.3, 0.4) is 0 Å². The molecule has 2 aliphatic heterocycles. The van der Waals surface area contributed by atoms with Gasteiger partial charge in [0.15, 0.2) is 0 Å². The van der Waals surface area contributed by atoms with Gasteiger partial charge in [0.1, 0.15) is 11.5 Å². The van der Waals surface area contributed by atoms with Crippen LogP contribution in [0.25, 0.3) is 6.08 Å². The molecule has 0 atom stereocenters. The average Bonchev–Trinajstić information content (AvgIpc) is 3.35. The SMILES string of the molecule is COC(=O)c1ccc(CN2C(=O)N/C(=C\c3ccc(N4CCOCC4)cc3)C2=O)o1. The van der Waals surface area contributed by atoms with E-state index in [2.05, 4.69) is 15.0 Å². The number of furan rings is 1. The summed E-state index contributed by atoms with van der Waals surface area (Å²) in [5.41, 5.74) is 2.06. The second kappa shape index (κ2) is 8.42. The minimum absolute atomic E-state index is 0.00989. The number of morpholine rings is 1. The molecule has 0 spiro atoms. The first-order chi connectivity index (χ1) is 14.5. The molecule has 3 amide bonds. The van der Waals surface area contributed by atoms with Crippen LogP contribution < -0.4 is 10.2 Å². The Balaban J connectivity index is 1.44. The molecule has 2 aliphatic rings. The lowest BCUT2D eigenvalue weighted by atomic mass is 10.1. The molecule has 3 heterocycles. The molecule has 2 saturated heterocycles. The molecule has 4 rings (SSSR count). The number of imide groups is 1. The number of benzene rings is 1. The predicted molar refractivity (Wildman–Crippen MR) is 107 cm³/mol. The summed E-state index contributed by atoms with van der Waals surface area (Å²) in [5.74, 6) is -0.779. The number of amides is 3. The summed E-state index contributed by atoms with van der Waals surface area (Å²) >= 11 is 0. The number of methoxy groups -OCH3 is 1. The lowest BCUT2D eigenvalue weighted by Crippen LogP contribution is -2.36. The molecule has 9 nitrogen and oxygen atoms in total. The summed E-state index contributed by atoms with van der Waals surface area (Å²) in [7, 11) is 1.24. The average molecular weight is 411 g/mol. The number of carbonyl (C=O) groups excluding carboxylic acids is 3. The lowest BCUT2D eigenvalue weighted by Gasteiger charge is -2.28. The third kappa shape index (κ3) is 4.06. The summed E-state index contributed by atoms with van der Waals surface area (Å²) in [5, 5.41) is 2.58.